The van der Waals surface area contributed by atoms with Crippen LogP contribution in [0.2, 0.25) is 0 Å². The highest BCUT2D eigenvalue weighted by atomic mass is 31.2. The number of hydrogen-bond acceptors (Lipinski definition) is 2. The van der Waals surface area contributed by atoms with Gasteiger partial charge in [-0.25, -0.2) is 0 Å². The summed E-state index contributed by atoms with van der Waals surface area (Å²) in [4.78, 5) is 0. The Morgan fingerprint density at radius 2 is 1.55 bits per heavy atom. The Bertz CT molecular complexity index is 150. The second-order valence-corrected chi connectivity index (χ2v) is 6.73. The highest BCUT2D eigenvalue weighted by molar-refractivity contribution is 7.58. The molecular weight excluding hydrogens is 159 g/mol. The predicted molar refractivity (Wildman–Crippen MR) is 49.5 cm³/mol. The van der Waals surface area contributed by atoms with Crippen molar-refractivity contribution in [2.75, 3.05) is 12.3 Å². The summed E-state index contributed by atoms with van der Waals surface area (Å²) in [6.45, 7) is 9.63. The lowest BCUT2D eigenvalue weighted by atomic mass is 10.2. The van der Waals surface area contributed by atoms with E-state index in [1.54, 1.807) is 0 Å². The van der Waals surface area contributed by atoms with Gasteiger partial charge in [0.25, 0.3) is 0 Å². The Morgan fingerprint density at radius 1 is 1.18 bits per heavy atom. The highest BCUT2D eigenvalue weighted by Crippen LogP contribution is 2.49. The van der Waals surface area contributed by atoms with Crippen LogP contribution in [0.1, 0.15) is 34.6 Å². The molecule has 11 heavy (non-hydrogen) atoms. The van der Waals surface area contributed by atoms with Crippen molar-refractivity contribution in [2.24, 2.45) is 0 Å². The average Bonchev–Trinajstić information content (AvgIpc) is 1.84. The minimum atomic E-state index is -2.30. The third kappa shape index (κ3) is 4.60. The van der Waals surface area contributed by atoms with Gasteiger partial charge in [0, 0.05) is 12.3 Å². The second kappa shape index (κ2) is 3.73. The summed E-state index contributed by atoms with van der Waals surface area (Å²) in [7, 11) is -2.30. The van der Waals surface area contributed by atoms with Crippen molar-refractivity contribution in [3.8, 4) is 0 Å². The molecular formula is C8H19O2P. The standard InChI is InChI=1S/C8H19O2P/c1-6-11(9,7-2)10-8(3,4)5/h6-7H2,1-5H3. The van der Waals surface area contributed by atoms with Crippen LogP contribution in [0.5, 0.6) is 0 Å². The van der Waals surface area contributed by atoms with Crippen molar-refractivity contribution in [2.45, 2.75) is 40.2 Å². The van der Waals surface area contributed by atoms with Gasteiger partial charge in [0.15, 0.2) is 0 Å². The Balaban J connectivity index is 4.21. The van der Waals surface area contributed by atoms with E-state index in [4.69, 9.17) is 4.52 Å². The molecule has 0 aromatic rings. The molecule has 0 aliphatic heterocycles. The molecule has 0 amide bonds. The molecule has 0 heterocycles. The Hall–Kier alpha value is 0.190. The maximum atomic E-state index is 11.7. The quantitative estimate of drug-likeness (QED) is 0.620. The van der Waals surface area contributed by atoms with Gasteiger partial charge in [-0.3, -0.25) is 4.57 Å². The van der Waals surface area contributed by atoms with E-state index in [1.165, 1.54) is 0 Å². The van der Waals surface area contributed by atoms with E-state index in [0.29, 0.717) is 12.3 Å². The van der Waals surface area contributed by atoms with Gasteiger partial charge in [-0.1, -0.05) is 13.8 Å². The minimum Gasteiger partial charge on any atom is -0.323 e. The van der Waals surface area contributed by atoms with E-state index in [2.05, 4.69) is 0 Å². The third-order valence-electron chi connectivity index (χ3n) is 1.40. The second-order valence-electron chi connectivity index (χ2n) is 3.65. The molecule has 0 unspecified atom stereocenters. The normalized spacial score (nSPS) is 13.5. The summed E-state index contributed by atoms with van der Waals surface area (Å²) in [6.07, 6.45) is 1.28. The van der Waals surface area contributed by atoms with Gasteiger partial charge in [-0.2, -0.15) is 0 Å². The maximum absolute atomic E-state index is 11.7. The molecule has 0 N–H and O–H groups in total. The topological polar surface area (TPSA) is 26.3 Å². The van der Waals surface area contributed by atoms with Crippen LogP contribution in [0.25, 0.3) is 0 Å². The van der Waals surface area contributed by atoms with Gasteiger partial charge in [0.1, 0.15) is 0 Å². The van der Waals surface area contributed by atoms with Crippen molar-refractivity contribution in [3.63, 3.8) is 0 Å². The first kappa shape index (κ1) is 11.2. The van der Waals surface area contributed by atoms with Crippen molar-refractivity contribution < 1.29 is 9.09 Å². The van der Waals surface area contributed by atoms with Crippen LogP contribution >= 0.6 is 7.37 Å². The maximum Gasteiger partial charge on any atom is 0.203 e. The summed E-state index contributed by atoms with van der Waals surface area (Å²) in [5.41, 5.74) is -0.276. The first-order valence-electron chi connectivity index (χ1n) is 4.12. The van der Waals surface area contributed by atoms with Crippen LogP contribution < -0.4 is 0 Å². The first-order chi connectivity index (χ1) is 4.83. The monoisotopic (exact) mass is 178 g/mol. The molecule has 3 heteroatoms. The molecule has 0 atom stereocenters. The van der Waals surface area contributed by atoms with E-state index in [9.17, 15) is 4.57 Å². The number of rotatable bonds is 3. The van der Waals surface area contributed by atoms with Crippen LogP contribution in [0.15, 0.2) is 0 Å². The summed E-state index contributed by atoms with van der Waals surface area (Å²) in [6, 6.07) is 0. The van der Waals surface area contributed by atoms with Gasteiger partial charge in [0.2, 0.25) is 7.37 Å². The first-order valence-corrected chi connectivity index (χ1v) is 6.11. The van der Waals surface area contributed by atoms with Crippen LogP contribution in [-0.2, 0) is 9.09 Å². The third-order valence-corrected chi connectivity index (χ3v) is 4.21. The van der Waals surface area contributed by atoms with E-state index in [1.807, 2.05) is 34.6 Å². The van der Waals surface area contributed by atoms with Crippen molar-refractivity contribution in [1.82, 2.24) is 0 Å². The Labute approximate surface area is 69.8 Å². The Morgan fingerprint density at radius 3 is 1.64 bits per heavy atom. The van der Waals surface area contributed by atoms with Gasteiger partial charge >= 0.3 is 0 Å². The lowest BCUT2D eigenvalue weighted by Crippen LogP contribution is -2.18. The molecule has 0 spiro atoms. The molecule has 0 aromatic carbocycles. The zero-order valence-electron chi connectivity index (χ0n) is 8.18. The van der Waals surface area contributed by atoms with Crippen LogP contribution in [0.3, 0.4) is 0 Å². The van der Waals surface area contributed by atoms with Crippen LogP contribution in [0.4, 0.5) is 0 Å². The molecule has 0 aromatic heterocycles. The average molecular weight is 178 g/mol. The largest absolute Gasteiger partial charge is 0.323 e. The fourth-order valence-corrected chi connectivity index (χ4v) is 2.56. The summed E-state index contributed by atoms with van der Waals surface area (Å²) < 4.78 is 17.2. The lowest BCUT2D eigenvalue weighted by Gasteiger charge is -2.25. The molecule has 0 saturated heterocycles. The van der Waals surface area contributed by atoms with Gasteiger partial charge in [0.05, 0.1) is 5.60 Å². The molecule has 68 valence electrons. The van der Waals surface area contributed by atoms with E-state index >= 15 is 0 Å². The smallest absolute Gasteiger partial charge is 0.203 e. The fraction of sp³-hybridized carbons (Fsp3) is 1.00. The fourth-order valence-electron chi connectivity index (χ4n) is 0.852. The summed E-state index contributed by atoms with van der Waals surface area (Å²) in [5.74, 6) is 0. The predicted octanol–water partition coefficient (Wildman–Crippen LogP) is 3.12. The van der Waals surface area contributed by atoms with Crippen LogP contribution in [-0.4, -0.2) is 17.9 Å². The van der Waals surface area contributed by atoms with Crippen LogP contribution in [0, 0.1) is 0 Å². The molecule has 0 saturated carbocycles. The summed E-state index contributed by atoms with van der Waals surface area (Å²) >= 11 is 0. The lowest BCUT2D eigenvalue weighted by molar-refractivity contribution is 0.135. The van der Waals surface area contributed by atoms with Crippen molar-refractivity contribution in [3.05, 3.63) is 0 Å². The van der Waals surface area contributed by atoms with E-state index < -0.39 is 7.37 Å². The van der Waals surface area contributed by atoms with Crippen molar-refractivity contribution in [1.29, 1.82) is 0 Å². The van der Waals surface area contributed by atoms with Gasteiger partial charge < -0.3 is 4.52 Å². The molecule has 0 radical (unpaired) electrons. The minimum absolute atomic E-state index is 0.276. The molecule has 0 rings (SSSR count). The SMILES string of the molecule is CCP(=O)(CC)OC(C)(C)C. The molecule has 0 aliphatic carbocycles. The summed E-state index contributed by atoms with van der Waals surface area (Å²) in [5, 5.41) is 0. The molecule has 0 fully saturated rings. The highest BCUT2D eigenvalue weighted by Gasteiger charge is 2.25. The molecule has 0 aliphatic rings. The number of hydrogen-bond donors (Lipinski definition) is 0. The molecule has 2 nitrogen and oxygen atoms in total. The van der Waals surface area contributed by atoms with Gasteiger partial charge in [-0.15, -0.1) is 0 Å². The zero-order valence-corrected chi connectivity index (χ0v) is 9.07. The zero-order chi connectivity index (χ0) is 9.12. The van der Waals surface area contributed by atoms with E-state index in [-0.39, 0.29) is 5.60 Å². The van der Waals surface area contributed by atoms with Gasteiger partial charge in [-0.05, 0) is 20.8 Å². The Kier molecular flexibility index (Phi) is 3.79. The molecule has 0 bridgehead atoms. The van der Waals surface area contributed by atoms with Crippen molar-refractivity contribution >= 4 is 7.37 Å². The van der Waals surface area contributed by atoms with E-state index in [0.717, 1.165) is 0 Å².